The smallest absolute Gasteiger partial charge is 0.247 e. The third-order valence-corrected chi connectivity index (χ3v) is 7.33. The van der Waals surface area contributed by atoms with Gasteiger partial charge in [-0.05, 0) is 44.0 Å². The summed E-state index contributed by atoms with van der Waals surface area (Å²) in [5.74, 6) is 0.699. The molecule has 4 aromatic rings. The van der Waals surface area contributed by atoms with Gasteiger partial charge in [0, 0.05) is 17.2 Å². The molecular formula is C31H35N5O4. The quantitative estimate of drug-likeness (QED) is 0.296. The maximum Gasteiger partial charge on any atom is 0.247 e. The number of carbonyl (C=O) groups excluding carboxylic acids is 2. The second kappa shape index (κ2) is 12.6. The molecule has 1 aliphatic rings. The summed E-state index contributed by atoms with van der Waals surface area (Å²) in [4.78, 5) is 30.0. The molecule has 0 bridgehead atoms. The minimum Gasteiger partial charge on any atom is -0.496 e. The molecule has 1 aromatic heterocycles. The van der Waals surface area contributed by atoms with E-state index in [2.05, 4.69) is 15.6 Å². The Balaban J connectivity index is 1.58. The largest absolute Gasteiger partial charge is 0.496 e. The third kappa shape index (κ3) is 5.93. The predicted octanol–water partition coefficient (Wildman–Crippen LogP) is 4.67. The number of aromatic nitrogens is 3. The topological polar surface area (TPSA) is 98.6 Å². The maximum absolute atomic E-state index is 14.3. The van der Waals surface area contributed by atoms with Crippen molar-refractivity contribution < 1.29 is 19.1 Å². The average Bonchev–Trinajstić information content (AvgIpc) is 3.64. The fourth-order valence-corrected chi connectivity index (χ4v) is 5.39. The van der Waals surface area contributed by atoms with E-state index in [4.69, 9.17) is 9.47 Å². The summed E-state index contributed by atoms with van der Waals surface area (Å²) in [7, 11) is 1.60. The van der Waals surface area contributed by atoms with Crippen LogP contribution in [0.2, 0.25) is 0 Å². The number of rotatable bonds is 11. The predicted molar refractivity (Wildman–Crippen MR) is 152 cm³/mol. The van der Waals surface area contributed by atoms with E-state index in [1.807, 2.05) is 79.7 Å². The molecule has 208 valence electrons. The summed E-state index contributed by atoms with van der Waals surface area (Å²) in [6, 6.07) is 21.6. The molecular weight excluding hydrogens is 506 g/mol. The molecule has 1 heterocycles. The van der Waals surface area contributed by atoms with Gasteiger partial charge in [0.05, 0.1) is 25.8 Å². The van der Waals surface area contributed by atoms with Crippen LogP contribution < -0.4 is 14.8 Å². The normalized spacial score (nSPS) is 14.2. The summed E-state index contributed by atoms with van der Waals surface area (Å²) in [5, 5.41) is 11.7. The lowest BCUT2D eigenvalue weighted by molar-refractivity contribution is -0.142. The van der Waals surface area contributed by atoms with Gasteiger partial charge < -0.3 is 19.7 Å². The number of fused-ring (bicyclic) bond motifs is 1. The summed E-state index contributed by atoms with van der Waals surface area (Å²) in [6.45, 7) is 2.40. The van der Waals surface area contributed by atoms with Gasteiger partial charge in [-0.25, -0.2) is 4.68 Å². The van der Waals surface area contributed by atoms with Crippen LogP contribution in [0.25, 0.3) is 11.0 Å². The highest BCUT2D eigenvalue weighted by Gasteiger charge is 2.36. The highest BCUT2D eigenvalue weighted by molar-refractivity contribution is 5.90. The highest BCUT2D eigenvalue weighted by Crippen LogP contribution is 2.33. The molecule has 1 saturated carbocycles. The Morgan fingerprint density at radius 2 is 1.70 bits per heavy atom. The van der Waals surface area contributed by atoms with E-state index in [0.717, 1.165) is 36.8 Å². The van der Waals surface area contributed by atoms with E-state index < -0.39 is 6.04 Å². The SMILES string of the molecule is CCOc1ccccc1[C@H](C(=O)NC1CCCC1)N(Cc1ccccc1OC)C(=O)Cn1nnc2ccccc21. The number of nitrogens with zero attached hydrogens (tertiary/aromatic N) is 4. The summed E-state index contributed by atoms with van der Waals surface area (Å²) in [6.07, 6.45) is 4.01. The molecule has 1 atom stereocenters. The van der Waals surface area contributed by atoms with E-state index in [-0.39, 0.29) is 30.9 Å². The van der Waals surface area contributed by atoms with Crippen molar-refractivity contribution in [2.75, 3.05) is 13.7 Å². The molecule has 0 aliphatic heterocycles. The molecule has 3 aromatic carbocycles. The monoisotopic (exact) mass is 541 g/mol. The van der Waals surface area contributed by atoms with E-state index in [9.17, 15) is 9.59 Å². The van der Waals surface area contributed by atoms with Gasteiger partial charge in [0.1, 0.15) is 29.6 Å². The molecule has 0 radical (unpaired) electrons. The molecule has 9 nitrogen and oxygen atoms in total. The van der Waals surface area contributed by atoms with Crippen molar-refractivity contribution >= 4 is 22.8 Å². The van der Waals surface area contributed by atoms with Crippen molar-refractivity contribution in [2.45, 2.75) is 57.8 Å². The number of carbonyl (C=O) groups is 2. The number of amides is 2. The maximum atomic E-state index is 14.3. The molecule has 0 spiro atoms. The van der Waals surface area contributed by atoms with Crippen LogP contribution in [0.5, 0.6) is 11.5 Å². The fourth-order valence-electron chi connectivity index (χ4n) is 5.39. The van der Waals surface area contributed by atoms with Gasteiger partial charge in [-0.15, -0.1) is 5.10 Å². The molecule has 0 unspecified atom stereocenters. The number of ether oxygens (including phenoxy) is 2. The number of benzene rings is 3. The Bertz CT molecular complexity index is 1460. The zero-order valence-electron chi connectivity index (χ0n) is 23.0. The number of methoxy groups -OCH3 is 1. The zero-order chi connectivity index (χ0) is 27.9. The first-order chi connectivity index (χ1) is 19.6. The molecule has 5 rings (SSSR count). The minimum absolute atomic E-state index is 0.0803. The second-order valence-electron chi connectivity index (χ2n) is 9.93. The Morgan fingerprint density at radius 1 is 1.00 bits per heavy atom. The number of nitrogens with one attached hydrogen (secondary N) is 1. The van der Waals surface area contributed by atoms with E-state index in [1.54, 1.807) is 16.7 Å². The van der Waals surface area contributed by atoms with Gasteiger partial charge in [-0.2, -0.15) is 0 Å². The van der Waals surface area contributed by atoms with Crippen molar-refractivity contribution in [1.29, 1.82) is 0 Å². The number of hydrogen-bond acceptors (Lipinski definition) is 6. The van der Waals surface area contributed by atoms with E-state index in [0.29, 0.717) is 29.2 Å². The van der Waals surface area contributed by atoms with Crippen molar-refractivity contribution in [1.82, 2.24) is 25.2 Å². The van der Waals surface area contributed by atoms with E-state index in [1.165, 1.54) is 0 Å². The van der Waals surface area contributed by atoms with Gasteiger partial charge in [-0.3, -0.25) is 9.59 Å². The first kappa shape index (κ1) is 27.2. The molecule has 2 amide bonds. The molecule has 0 saturated heterocycles. The average molecular weight is 542 g/mol. The lowest BCUT2D eigenvalue weighted by atomic mass is 10.0. The van der Waals surface area contributed by atoms with Crippen molar-refractivity contribution in [3.63, 3.8) is 0 Å². The molecule has 1 fully saturated rings. The summed E-state index contributed by atoms with van der Waals surface area (Å²) >= 11 is 0. The van der Waals surface area contributed by atoms with Crippen molar-refractivity contribution in [3.8, 4) is 11.5 Å². The van der Waals surface area contributed by atoms with Crippen molar-refractivity contribution in [3.05, 3.63) is 83.9 Å². The summed E-state index contributed by atoms with van der Waals surface area (Å²) < 4.78 is 13.1. The van der Waals surface area contributed by atoms with E-state index >= 15 is 0 Å². The van der Waals surface area contributed by atoms with Gasteiger partial charge >= 0.3 is 0 Å². The first-order valence-electron chi connectivity index (χ1n) is 13.8. The van der Waals surface area contributed by atoms with Crippen LogP contribution >= 0.6 is 0 Å². The lowest BCUT2D eigenvalue weighted by Crippen LogP contribution is -2.47. The zero-order valence-corrected chi connectivity index (χ0v) is 23.0. The van der Waals surface area contributed by atoms with Crippen LogP contribution in [0.15, 0.2) is 72.8 Å². The standard InChI is InChI=1S/C31H35N5O4/c1-3-40-28-19-11-7-15-24(28)30(31(38)32-23-13-5-6-14-23)35(20-22-12-4-10-18-27(22)39-2)29(37)21-36-26-17-9-8-16-25(26)33-34-36/h4,7-12,15-19,23,30H,3,5-6,13-14,20-21H2,1-2H3,(H,32,38)/t30-/m1/s1. The first-order valence-corrected chi connectivity index (χ1v) is 13.8. The Kier molecular flexibility index (Phi) is 8.59. The third-order valence-electron chi connectivity index (χ3n) is 7.33. The molecule has 9 heteroatoms. The lowest BCUT2D eigenvalue weighted by Gasteiger charge is -2.33. The number of hydrogen-bond donors (Lipinski definition) is 1. The molecule has 40 heavy (non-hydrogen) atoms. The van der Waals surface area contributed by atoms with Crippen LogP contribution in [0.1, 0.15) is 49.8 Å². The summed E-state index contributed by atoms with van der Waals surface area (Å²) in [5.41, 5.74) is 2.86. The van der Waals surface area contributed by atoms with Gasteiger partial charge in [0.15, 0.2) is 0 Å². The Hall–Kier alpha value is -4.40. The highest BCUT2D eigenvalue weighted by atomic mass is 16.5. The molecule has 1 aliphatic carbocycles. The van der Waals surface area contributed by atoms with Crippen molar-refractivity contribution in [2.24, 2.45) is 0 Å². The number of para-hydroxylation sites is 3. The van der Waals surface area contributed by atoms with Crippen LogP contribution in [-0.2, 0) is 22.7 Å². The van der Waals surface area contributed by atoms with Gasteiger partial charge in [-0.1, -0.05) is 66.6 Å². The van der Waals surface area contributed by atoms with Gasteiger partial charge in [0.2, 0.25) is 11.8 Å². The van der Waals surface area contributed by atoms with Gasteiger partial charge in [0.25, 0.3) is 0 Å². The molecule has 1 N–H and O–H groups in total. The fraction of sp³-hybridized carbons (Fsp3) is 0.355. The Labute approximate surface area is 234 Å². The van der Waals surface area contributed by atoms with Crippen LogP contribution in [0.4, 0.5) is 0 Å². The second-order valence-corrected chi connectivity index (χ2v) is 9.93. The van der Waals surface area contributed by atoms with Crippen LogP contribution in [0, 0.1) is 0 Å². The van der Waals surface area contributed by atoms with Crippen LogP contribution in [0.3, 0.4) is 0 Å². The Morgan fingerprint density at radius 3 is 2.48 bits per heavy atom. The minimum atomic E-state index is -0.935. The van der Waals surface area contributed by atoms with Crippen LogP contribution in [-0.4, -0.2) is 51.5 Å².